The van der Waals surface area contributed by atoms with E-state index in [9.17, 15) is 19.8 Å². The molecule has 5 N–H and O–H groups in total. The van der Waals surface area contributed by atoms with Crippen molar-refractivity contribution in [3.63, 3.8) is 0 Å². The maximum Gasteiger partial charge on any atom is 0.335 e. The number of carbonyl (C=O) groups is 2. The molecule has 1 amide bonds. The summed E-state index contributed by atoms with van der Waals surface area (Å²) in [6.07, 6.45) is -0.374. The predicted octanol–water partition coefficient (Wildman–Crippen LogP) is -0.00520. The molecule has 0 radical (unpaired) electrons. The number of aromatic nitrogens is 4. The van der Waals surface area contributed by atoms with Crippen molar-refractivity contribution in [2.45, 2.75) is 24.7 Å². The summed E-state index contributed by atoms with van der Waals surface area (Å²) in [6, 6.07) is 5.54. The molecule has 2 fully saturated rings. The summed E-state index contributed by atoms with van der Waals surface area (Å²) < 4.78 is 1.68. The third kappa shape index (κ3) is 3.11. The van der Waals surface area contributed by atoms with Crippen molar-refractivity contribution in [3.8, 4) is 11.8 Å². The molecule has 1 aromatic carbocycles. The quantitative estimate of drug-likeness (QED) is 0.336. The highest BCUT2D eigenvalue weighted by Gasteiger charge is 2.75. The Balaban J connectivity index is 1.54. The Morgan fingerprint density at radius 2 is 1.88 bits per heavy atom. The molecular formula is C23H22N6O5. The highest BCUT2D eigenvalue weighted by molar-refractivity contribution is 5.88. The number of hydrogen-bond donors (Lipinski definition) is 5. The molecule has 34 heavy (non-hydrogen) atoms. The molecule has 0 spiro atoms. The van der Waals surface area contributed by atoms with Gasteiger partial charge in [0.1, 0.15) is 6.10 Å². The van der Waals surface area contributed by atoms with Crippen LogP contribution in [0.4, 0.5) is 5.82 Å². The number of benzene rings is 1. The Bertz CT molecular complexity index is 1370. The van der Waals surface area contributed by atoms with Crippen molar-refractivity contribution >= 4 is 28.9 Å². The average Bonchev–Trinajstić information content (AvgIpc) is 3.38. The van der Waals surface area contributed by atoms with E-state index >= 15 is 0 Å². The van der Waals surface area contributed by atoms with Crippen molar-refractivity contribution in [3.05, 3.63) is 47.5 Å². The van der Waals surface area contributed by atoms with Crippen LogP contribution in [0, 0.1) is 23.2 Å². The molecule has 2 unspecified atom stereocenters. The van der Waals surface area contributed by atoms with Gasteiger partial charge in [0.25, 0.3) is 0 Å². The van der Waals surface area contributed by atoms with Crippen molar-refractivity contribution in [1.82, 2.24) is 24.8 Å². The second kappa shape index (κ2) is 7.79. The van der Waals surface area contributed by atoms with Crippen molar-refractivity contribution < 1.29 is 24.9 Å². The molecule has 11 heteroatoms. The summed E-state index contributed by atoms with van der Waals surface area (Å²) in [5.41, 5.74) is 0.629. The number of aromatic carboxylic acids is 1. The van der Waals surface area contributed by atoms with Gasteiger partial charge in [-0.15, -0.1) is 0 Å². The number of amides is 1. The Morgan fingerprint density at radius 3 is 2.53 bits per heavy atom. The summed E-state index contributed by atoms with van der Waals surface area (Å²) in [6.45, 7) is 0. The first-order chi connectivity index (χ1) is 16.3. The third-order valence-corrected chi connectivity index (χ3v) is 6.75. The number of hydrogen-bond acceptors (Lipinski definition) is 8. The second-order valence-electron chi connectivity index (χ2n) is 8.46. The minimum Gasteiger partial charge on any atom is -0.478 e. The molecule has 0 saturated heterocycles. The van der Waals surface area contributed by atoms with Crippen LogP contribution in [-0.4, -0.2) is 73.0 Å². The van der Waals surface area contributed by atoms with E-state index in [-0.39, 0.29) is 23.2 Å². The zero-order valence-electron chi connectivity index (χ0n) is 18.4. The SMILES string of the molecule is CNC(=O)[C@]12CC1[C@@H](n1cnc3c(NC)nc(C#Cc4ccc(C(=O)O)cc4)nc31)C(O)[C@@H]2O. The summed E-state index contributed by atoms with van der Waals surface area (Å²) in [4.78, 5) is 36.8. The molecule has 2 aliphatic rings. The van der Waals surface area contributed by atoms with Crippen LogP contribution in [0.2, 0.25) is 0 Å². The number of rotatable bonds is 4. The van der Waals surface area contributed by atoms with Gasteiger partial charge in [-0.3, -0.25) is 4.79 Å². The van der Waals surface area contributed by atoms with E-state index in [0.717, 1.165) is 0 Å². The van der Waals surface area contributed by atoms with Gasteiger partial charge >= 0.3 is 5.97 Å². The van der Waals surface area contributed by atoms with Crippen LogP contribution in [0.25, 0.3) is 11.2 Å². The Kier molecular flexibility index (Phi) is 5.00. The zero-order chi connectivity index (χ0) is 24.2. The van der Waals surface area contributed by atoms with E-state index in [0.29, 0.717) is 29.0 Å². The first-order valence-electron chi connectivity index (χ1n) is 10.7. The van der Waals surface area contributed by atoms with Gasteiger partial charge in [-0.2, -0.15) is 0 Å². The van der Waals surface area contributed by atoms with Crippen LogP contribution in [0.5, 0.6) is 0 Å². The maximum atomic E-state index is 12.5. The normalized spacial score (nSPS) is 26.9. The molecule has 5 rings (SSSR count). The molecule has 3 aromatic rings. The number of aliphatic hydroxyl groups excluding tert-OH is 2. The second-order valence-corrected chi connectivity index (χ2v) is 8.46. The number of nitrogens with zero attached hydrogens (tertiary/aromatic N) is 4. The van der Waals surface area contributed by atoms with E-state index < -0.39 is 29.6 Å². The van der Waals surface area contributed by atoms with Crippen molar-refractivity contribution in [2.24, 2.45) is 11.3 Å². The van der Waals surface area contributed by atoms with E-state index in [1.165, 1.54) is 25.5 Å². The van der Waals surface area contributed by atoms with Gasteiger partial charge in [0.15, 0.2) is 17.0 Å². The van der Waals surface area contributed by atoms with Crippen LogP contribution in [-0.2, 0) is 4.79 Å². The number of nitrogens with one attached hydrogen (secondary N) is 2. The molecule has 5 atom stereocenters. The number of carboxylic acids is 1. The predicted molar refractivity (Wildman–Crippen MR) is 120 cm³/mol. The fourth-order valence-corrected chi connectivity index (χ4v) is 4.98. The van der Waals surface area contributed by atoms with Crippen molar-refractivity contribution in [2.75, 3.05) is 19.4 Å². The molecule has 2 aliphatic carbocycles. The average molecular weight is 462 g/mol. The van der Waals surface area contributed by atoms with E-state index in [1.54, 1.807) is 23.7 Å². The number of carboxylic acid groups (broad SMARTS) is 1. The molecule has 0 aliphatic heterocycles. The van der Waals surface area contributed by atoms with Gasteiger partial charge in [-0.25, -0.2) is 19.7 Å². The summed E-state index contributed by atoms with van der Waals surface area (Å²) in [7, 11) is 3.20. The van der Waals surface area contributed by atoms with E-state index in [1.807, 2.05) is 0 Å². The first-order valence-corrected chi connectivity index (χ1v) is 10.7. The number of imidazole rings is 1. The van der Waals surface area contributed by atoms with Gasteiger partial charge in [-0.1, -0.05) is 5.92 Å². The molecule has 174 valence electrons. The summed E-state index contributed by atoms with van der Waals surface area (Å²) in [5.74, 6) is 4.87. The summed E-state index contributed by atoms with van der Waals surface area (Å²) >= 11 is 0. The maximum absolute atomic E-state index is 12.5. The molecular weight excluding hydrogens is 440 g/mol. The van der Waals surface area contributed by atoms with Gasteiger partial charge < -0.3 is 30.5 Å². The van der Waals surface area contributed by atoms with Crippen LogP contribution in [0.3, 0.4) is 0 Å². The van der Waals surface area contributed by atoms with Gasteiger partial charge in [-0.05, 0) is 36.6 Å². The van der Waals surface area contributed by atoms with Crippen LogP contribution < -0.4 is 10.6 Å². The number of carbonyl (C=O) groups excluding carboxylic acids is 1. The lowest BCUT2D eigenvalue weighted by Gasteiger charge is -2.23. The number of anilines is 1. The molecule has 2 saturated carbocycles. The van der Waals surface area contributed by atoms with E-state index in [2.05, 4.69) is 37.4 Å². The van der Waals surface area contributed by atoms with Crippen LogP contribution in [0.15, 0.2) is 30.6 Å². The molecule has 11 nitrogen and oxygen atoms in total. The Hall–Kier alpha value is -4.01. The van der Waals surface area contributed by atoms with Crippen LogP contribution in [0.1, 0.15) is 34.2 Å². The zero-order valence-corrected chi connectivity index (χ0v) is 18.4. The third-order valence-electron chi connectivity index (χ3n) is 6.75. The fraction of sp³-hybridized carbons (Fsp3) is 0.348. The monoisotopic (exact) mass is 462 g/mol. The molecule has 0 bridgehead atoms. The van der Waals surface area contributed by atoms with Crippen LogP contribution >= 0.6 is 0 Å². The van der Waals surface area contributed by atoms with Gasteiger partial charge in [0.2, 0.25) is 11.7 Å². The number of aliphatic hydroxyl groups is 2. The molecule has 2 heterocycles. The number of fused-ring (bicyclic) bond motifs is 2. The molecule has 2 aromatic heterocycles. The highest BCUT2D eigenvalue weighted by Crippen LogP contribution is 2.67. The van der Waals surface area contributed by atoms with Gasteiger partial charge in [0.05, 0.1) is 29.5 Å². The van der Waals surface area contributed by atoms with Gasteiger partial charge in [0, 0.05) is 25.6 Å². The standard InChI is InChI=1S/C23H22N6O5/c1-24-19-15-20(28-14(27-19)8-5-11-3-6-12(7-4-11)21(32)33)29(10-26-15)16-13-9-23(13,22(34)25-2)18(31)17(16)30/h3-4,6-7,10,13,16-18,30-31H,9H2,1-2H3,(H,25,34)(H,32,33)(H,24,27,28)/t13?,16-,17?,18+,23-/m1/s1. The lowest BCUT2D eigenvalue weighted by Crippen LogP contribution is -2.41. The minimum atomic E-state index is -1.20. The fourth-order valence-electron chi connectivity index (χ4n) is 4.98. The Morgan fingerprint density at radius 1 is 1.15 bits per heavy atom. The first kappa shape index (κ1) is 21.8. The lowest BCUT2D eigenvalue weighted by molar-refractivity contribution is -0.132. The topological polar surface area (TPSA) is 162 Å². The largest absolute Gasteiger partial charge is 0.478 e. The lowest BCUT2D eigenvalue weighted by atomic mass is 9.98. The Labute approximate surface area is 193 Å². The highest BCUT2D eigenvalue weighted by atomic mass is 16.4. The van der Waals surface area contributed by atoms with Crippen molar-refractivity contribution in [1.29, 1.82) is 0 Å². The smallest absolute Gasteiger partial charge is 0.335 e. The minimum absolute atomic E-state index is 0.162. The summed E-state index contributed by atoms with van der Waals surface area (Å²) in [5, 5.41) is 36.1. The van der Waals surface area contributed by atoms with E-state index in [4.69, 9.17) is 5.11 Å².